The second-order valence-corrected chi connectivity index (χ2v) is 4.62. The molecule has 0 spiro atoms. The molecule has 1 aromatic rings. The van der Waals surface area contributed by atoms with Gasteiger partial charge in [-0.1, -0.05) is 12.2 Å². The molecule has 18 heavy (non-hydrogen) atoms. The van der Waals surface area contributed by atoms with E-state index in [0.717, 1.165) is 25.9 Å². The molecule has 2 amide bonds. The molecule has 1 heterocycles. The van der Waals surface area contributed by atoms with Crippen LogP contribution in [0.15, 0.2) is 18.2 Å². The average Bonchev–Trinajstić information content (AvgIpc) is 2.84. The van der Waals surface area contributed by atoms with Gasteiger partial charge in [0, 0.05) is 18.7 Å². The van der Waals surface area contributed by atoms with Crippen molar-refractivity contribution in [3.63, 3.8) is 0 Å². The zero-order valence-corrected chi connectivity index (χ0v) is 10.6. The Bertz CT molecular complexity index is 486. The number of nitrogens with one attached hydrogen (secondary N) is 1. The maximum Gasteiger partial charge on any atom is 0.321 e. The molecule has 6 heteroatoms. The average molecular weight is 267 g/mol. The number of nitrogens with two attached hydrogens (primary N) is 1. The van der Waals surface area contributed by atoms with Crippen LogP contribution >= 0.6 is 12.2 Å². The highest BCUT2D eigenvalue weighted by molar-refractivity contribution is 7.80. The van der Waals surface area contributed by atoms with E-state index < -0.39 is 5.82 Å². The van der Waals surface area contributed by atoms with E-state index in [-0.39, 0.29) is 11.0 Å². The molecule has 0 atom stereocenters. The van der Waals surface area contributed by atoms with Crippen molar-refractivity contribution < 1.29 is 9.18 Å². The quantitative estimate of drug-likeness (QED) is 0.807. The minimum Gasteiger partial charge on any atom is -0.389 e. The molecule has 3 N–H and O–H groups in total. The van der Waals surface area contributed by atoms with Crippen molar-refractivity contribution in [1.82, 2.24) is 4.90 Å². The molecule has 1 saturated heterocycles. The van der Waals surface area contributed by atoms with E-state index in [4.69, 9.17) is 18.0 Å². The van der Waals surface area contributed by atoms with Crippen LogP contribution in [0.25, 0.3) is 0 Å². The maximum atomic E-state index is 13.1. The maximum absolute atomic E-state index is 13.1. The van der Waals surface area contributed by atoms with Crippen molar-refractivity contribution in [2.45, 2.75) is 12.8 Å². The Kier molecular flexibility index (Phi) is 3.76. The van der Waals surface area contributed by atoms with Gasteiger partial charge in [-0.05, 0) is 31.0 Å². The van der Waals surface area contributed by atoms with Gasteiger partial charge in [0.25, 0.3) is 0 Å². The lowest BCUT2D eigenvalue weighted by Crippen LogP contribution is -2.32. The van der Waals surface area contributed by atoms with Crippen molar-refractivity contribution >= 4 is 28.9 Å². The Balaban J connectivity index is 2.17. The summed E-state index contributed by atoms with van der Waals surface area (Å²) < 4.78 is 13.1. The van der Waals surface area contributed by atoms with Crippen LogP contribution in [0.1, 0.15) is 18.4 Å². The normalized spacial score (nSPS) is 14.6. The Morgan fingerprint density at radius 1 is 1.39 bits per heavy atom. The van der Waals surface area contributed by atoms with Crippen LogP contribution in [0.3, 0.4) is 0 Å². The lowest BCUT2D eigenvalue weighted by molar-refractivity contribution is 0.222. The van der Waals surface area contributed by atoms with Gasteiger partial charge >= 0.3 is 6.03 Å². The Labute approximate surface area is 110 Å². The monoisotopic (exact) mass is 267 g/mol. The fourth-order valence-corrected chi connectivity index (χ4v) is 2.11. The fourth-order valence-electron chi connectivity index (χ4n) is 1.94. The number of anilines is 1. The van der Waals surface area contributed by atoms with Gasteiger partial charge in [0.1, 0.15) is 10.8 Å². The predicted octanol–water partition coefficient (Wildman–Crippen LogP) is 2.09. The molecule has 2 rings (SSSR count). The first-order valence-corrected chi connectivity index (χ1v) is 6.14. The van der Waals surface area contributed by atoms with Crippen molar-refractivity contribution in [2.24, 2.45) is 5.73 Å². The second-order valence-electron chi connectivity index (χ2n) is 4.18. The summed E-state index contributed by atoms with van der Waals surface area (Å²) in [5.41, 5.74) is 6.30. The first-order chi connectivity index (χ1) is 8.58. The number of carbonyl (C=O) groups is 1. The van der Waals surface area contributed by atoms with E-state index in [1.807, 2.05) is 0 Å². The van der Waals surface area contributed by atoms with Crippen LogP contribution in [-0.2, 0) is 0 Å². The number of benzene rings is 1. The summed E-state index contributed by atoms with van der Waals surface area (Å²) in [4.78, 5) is 13.7. The van der Waals surface area contributed by atoms with Crippen LogP contribution in [0.4, 0.5) is 14.9 Å². The third-order valence-corrected chi connectivity index (χ3v) is 3.10. The molecule has 1 aliphatic heterocycles. The van der Waals surface area contributed by atoms with Crippen LogP contribution < -0.4 is 11.1 Å². The van der Waals surface area contributed by atoms with Crippen LogP contribution in [-0.4, -0.2) is 29.0 Å². The Morgan fingerprint density at radius 2 is 2.06 bits per heavy atom. The number of halogens is 1. The molecule has 1 aromatic carbocycles. The van der Waals surface area contributed by atoms with E-state index in [1.54, 1.807) is 4.90 Å². The molecule has 0 bridgehead atoms. The fraction of sp³-hybridized carbons (Fsp3) is 0.333. The summed E-state index contributed by atoms with van der Waals surface area (Å²) in [6.07, 6.45) is 2.03. The van der Waals surface area contributed by atoms with Crippen LogP contribution in [0.5, 0.6) is 0 Å². The molecule has 1 fully saturated rings. The highest BCUT2D eigenvalue weighted by atomic mass is 32.1. The molecule has 1 aliphatic rings. The van der Waals surface area contributed by atoms with Gasteiger partial charge in [0.05, 0.1) is 5.69 Å². The number of nitrogens with zero attached hydrogens (tertiary/aromatic N) is 1. The molecular weight excluding hydrogens is 253 g/mol. The van der Waals surface area contributed by atoms with Crippen LogP contribution in [0.2, 0.25) is 0 Å². The molecule has 0 saturated carbocycles. The van der Waals surface area contributed by atoms with Gasteiger partial charge in [-0.2, -0.15) is 0 Å². The van der Waals surface area contributed by atoms with Gasteiger partial charge in [0.15, 0.2) is 0 Å². The third-order valence-electron chi connectivity index (χ3n) is 2.88. The van der Waals surface area contributed by atoms with E-state index in [2.05, 4.69) is 5.32 Å². The summed E-state index contributed by atoms with van der Waals surface area (Å²) in [6, 6.07) is 3.76. The van der Waals surface area contributed by atoms with E-state index in [1.165, 1.54) is 18.2 Å². The van der Waals surface area contributed by atoms with Gasteiger partial charge < -0.3 is 16.0 Å². The molecule has 0 aliphatic carbocycles. The number of thiocarbonyl (C=S) groups is 1. The Morgan fingerprint density at radius 3 is 2.67 bits per heavy atom. The van der Waals surface area contributed by atoms with Gasteiger partial charge in [0.2, 0.25) is 0 Å². The lowest BCUT2D eigenvalue weighted by Gasteiger charge is -2.17. The van der Waals surface area contributed by atoms with Gasteiger partial charge in [-0.25, -0.2) is 9.18 Å². The first kappa shape index (κ1) is 12.8. The summed E-state index contributed by atoms with van der Waals surface area (Å²) >= 11 is 4.84. The largest absolute Gasteiger partial charge is 0.389 e. The second kappa shape index (κ2) is 5.30. The highest BCUT2D eigenvalue weighted by Gasteiger charge is 2.19. The molecule has 0 unspecified atom stereocenters. The van der Waals surface area contributed by atoms with Gasteiger partial charge in [-0.15, -0.1) is 0 Å². The smallest absolute Gasteiger partial charge is 0.321 e. The number of carbonyl (C=O) groups excluding carboxylic acids is 1. The summed E-state index contributed by atoms with van der Waals surface area (Å²) in [5, 5.41) is 2.71. The molecule has 0 radical (unpaired) electrons. The van der Waals surface area contributed by atoms with Crippen molar-refractivity contribution in [3.8, 4) is 0 Å². The Hall–Kier alpha value is -1.69. The summed E-state index contributed by atoms with van der Waals surface area (Å²) in [5.74, 6) is -0.433. The number of likely N-dealkylation sites (tertiary alicyclic amines) is 1. The van der Waals surface area contributed by atoms with Crippen molar-refractivity contribution in [3.05, 3.63) is 29.6 Å². The number of urea groups is 1. The van der Waals surface area contributed by atoms with E-state index in [0.29, 0.717) is 11.3 Å². The number of hydrogen-bond acceptors (Lipinski definition) is 2. The number of hydrogen-bond donors (Lipinski definition) is 2. The third kappa shape index (κ3) is 2.76. The lowest BCUT2D eigenvalue weighted by atomic mass is 10.1. The van der Waals surface area contributed by atoms with E-state index >= 15 is 0 Å². The minimum atomic E-state index is -0.433. The first-order valence-electron chi connectivity index (χ1n) is 5.73. The van der Waals surface area contributed by atoms with Crippen LogP contribution in [0, 0.1) is 5.82 Å². The number of amides is 2. The van der Waals surface area contributed by atoms with Crippen molar-refractivity contribution in [2.75, 3.05) is 18.4 Å². The topological polar surface area (TPSA) is 58.4 Å². The SMILES string of the molecule is NC(=S)c1cc(F)ccc1NC(=O)N1CCCC1. The highest BCUT2D eigenvalue weighted by Crippen LogP contribution is 2.18. The zero-order chi connectivity index (χ0) is 13.1. The standard InChI is InChI=1S/C12H14FN3OS/c13-8-3-4-10(9(7-8)11(14)18)15-12(17)16-5-1-2-6-16/h3-4,7H,1-2,5-6H2,(H2,14,18)(H,15,17). The molecule has 96 valence electrons. The molecule has 4 nitrogen and oxygen atoms in total. The van der Waals surface area contributed by atoms with Gasteiger partial charge in [-0.3, -0.25) is 0 Å². The summed E-state index contributed by atoms with van der Waals surface area (Å²) in [6.45, 7) is 1.49. The van der Waals surface area contributed by atoms with Crippen molar-refractivity contribution in [1.29, 1.82) is 0 Å². The minimum absolute atomic E-state index is 0.0613. The summed E-state index contributed by atoms with van der Waals surface area (Å²) in [7, 11) is 0. The predicted molar refractivity (Wildman–Crippen MR) is 72.1 cm³/mol. The molecule has 0 aromatic heterocycles. The van der Waals surface area contributed by atoms with E-state index in [9.17, 15) is 9.18 Å². The molecular formula is C12H14FN3OS. The number of rotatable bonds is 2. The zero-order valence-electron chi connectivity index (χ0n) is 9.78.